The van der Waals surface area contributed by atoms with E-state index in [2.05, 4.69) is 32.8 Å². The Kier molecular flexibility index (Phi) is 5.93. The van der Waals surface area contributed by atoms with Gasteiger partial charge in [-0.3, -0.25) is 0 Å². The standard InChI is InChI=1S/C23H27N3O2/c1-15(2)14-26-21(24-22(25-26)16(3)4)13-17-9-11-18(12-10-17)19-7-5-6-8-20(19)23(27)28/h5-12,15-16H,13-14H2,1-4H3,(H,27,28). The summed E-state index contributed by atoms with van der Waals surface area (Å²) in [4.78, 5) is 16.2. The largest absolute Gasteiger partial charge is 0.478 e. The Balaban J connectivity index is 1.87. The van der Waals surface area contributed by atoms with E-state index in [-0.39, 0.29) is 0 Å². The van der Waals surface area contributed by atoms with E-state index in [1.165, 1.54) is 0 Å². The Bertz CT molecular complexity index is 956. The molecule has 0 fully saturated rings. The van der Waals surface area contributed by atoms with Crippen LogP contribution in [0, 0.1) is 5.92 Å². The number of aromatic nitrogens is 3. The summed E-state index contributed by atoms with van der Waals surface area (Å²) < 4.78 is 2.02. The van der Waals surface area contributed by atoms with Crippen LogP contribution in [-0.2, 0) is 13.0 Å². The first-order valence-corrected chi connectivity index (χ1v) is 9.70. The van der Waals surface area contributed by atoms with E-state index in [1.807, 2.05) is 41.1 Å². The molecule has 3 aromatic rings. The van der Waals surface area contributed by atoms with Crippen LogP contribution in [0.25, 0.3) is 11.1 Å². The molecule has 0 saturated carbocycles. The third kappa shape index (κ3) is 4.47. The smallest absolute Gasteiger partial charge is 0.336 e. The molecule has 5 heteroatoms. The number of carboxylic acid groups (broad SMARTS) is 1. The molecule has 0 aliphatic carbocycles. The number of rotatable bonds is 7. The summed E-state index contributed by atoms with van der Waals surface area (Å²) in [6, 6.07) is 15.1. The number of hydrogen-bond donors (Lipinski definition) is 1. The Hall–Kier alpha value is -2.95. The molecule has 28 heavy (non-hydrogen) atoms. The highest BCUT2D eigenvalue weighted by Gasteiger charge is 2.15. The average molecular weight is 377 g/mol. The number of hydrogen-bond acceptors (Lipinski definition) is 3. The van der Waals surface area contributed by atoms with E-state index in [4.69, 9.17) is 4.98 Å². The topological polar surface area (TPSA) is 68.0 Å². The van der Waals surface area contributed by atoms with E-state index in [1.54, 1.807) is 12.1 Å². The van der Waals surface area contributed by atoms with Gasteiger partial charge in [0.25, 0.3) is 0 Å². The molecule has 0 saturated heterocycles. The Labute approximate surface area is 166 Å². The van der Waals surface area contributed by atoms with E-state index >= 15 is 0 Å². The number of aromatic carboxylic acids is 1. The maximum atomic E-state index is 11.5. The lowest BCUT2D eigenvalue weighted by Gasteiger charge is -2.10. The van der Waals surface area contributed by atoms with Crippen molar-refractivity contribution in [3.8, 4) is 11.1 Å². The van der Waals surface area contributed by atoms with Crippen molar-refractivity contribution >= 4 is 5.97 Å². The normalized spacial score (nSPS) is 11.4. The fourth-order valence-electron chi connectivity index (χ4n) is 3.17. The highest BCUT2D eigenvalue weighted by atomic mass is 16.4. The van der Waals surface area contributed by atoms with Gasteiger partial charge in [0.2, 0.25) is 0 Å². The summed E-state index contributed by atoms with van der Waals surface area (Å²) in [6.07, 6.45) is 0.702. The molecular weight excluding hydrogens is 350 g/mol. The lowest BCUT2D eigenvalue weighted by molar-refractivity contribution is 0.0697. The van der Waals surface area contributed by atoms with Crippen molar-refractivity contribution in [3.05, 3.63) is 71.3 Å². The summed E-state index contributed by atoms with van der Waals surface area (Å²) in [7, 11) is 0. The average Bonchev–Trinajstić information content (AvgIpc) is 3.04. The maximum Gasteiger partial charge on any atom is 0.336 e. The first-order chi connectivity index (χ1) is 13.3. The molecule has 1 N–H and O–H groups in total. The second-order valence-electron chi connectivity index (χ2n) is 7.84. The fourth-order valence-corrected chi connectivity index (χ4v) is 3.17. The molecule has 0 atom stereocenters. The number of nitrogens with zero attached hydrogens (tertiary/aromatic N) is 3. The van der Waals surface area contributed by atoms with Crippen LogP contribution in [0.15, 0.2) is 48.5 Å². The van der Waals surface area contributed by atoms with Gasteiger partial charge in [0.05, 0.1) is 5.56 Å². The first kappa shape index (κ1) is 19.8. The summed E-state index contributed by atoms with van der Waals surface area (Å²) in [5, 5.41) is 14.1. The molecule has 2 aromatic carbocycles. The van der Waals surface area contributed by atoms with Crippen LogP contribution in [0.1, 0.15) is 61.2 Å². The molecule has 1 aromatic heterocycles. The van der Waals surface area contributed by atoms with Gasteiger partial charge in [0.15, 0.2) is 5.82 Å². The van der Waals surface area contributed by atoms with Gasteiger partial charge < -0.3 is 5.11 Å². The molecule has 0 aliphatic heterocycles. The van der Waals surface area contributed by atoms with Crippen LogP contribution < -0.4 is 0 Å². The minimum Gasteiger partial charge on any atom is -0.478 e. The Morgan fingerprint density at radius 3 is 2.32 bits per heavy atom. The molecule has 0 amide bonds. The molecule has 146 valence electrons. The third-order valence-corrected chi connectivity index (χ3v) is 4.60. The predicted molar refractivity (Wildman–Crippen MR) is 111 cm³/mol. The SMILES string of the molecule is CC(C)Cn1nc(C(C)C)nc1Cc1ccc(-c2ccccc2C(=O)O)cc1. The van der Waals surface area contributed by atoms with Gasteiger partial charge in [0, 0.05) is 18.9 Å². The van der Waals surface area contributed by atoms with E-state index in [0.29, 0.717) is 23.8 Å². The van der Waals surface area contributed by atoms with Crippen molar-refractivity contribution in [1.82, 2.24) is 14.8 Å². The van der Waals surface area contributed by atoms with Crippen LogP contribution in [0.4, 0.5) is 0 Å². The summed E-state index contributed by atoms with van der Waals surface area (Å²) in [5.74, 6) is 1.72. The lowest BCUT2D eigenvalue weighted by Crippen LogP contribution is -2.11. The van der Waals surface area contributed by atoms with Crippen molar-refractivity contribution in [3.63, 3.8) is 0 Å². The van der Waals surface area contributed by atoms with Crippen molar-refractivity contribution in [2.75, 3.05) is 0 Å². The van der Waals surface area contributed by atoms with Gasteiger partial charge in [-0.05, 0) is 28.7 Å². The van der Waals surface area contributed by atoms with Gasteiger partial charge in [-0.25, -0.2) is 14.5 Å². The van der Waals surface area contributed by atoms with Crippen LogP contribution >= 0.6 is 0 Å². The summed E-state index contributed by atoms with van der Waals surface area (Å²) in [5.41, 5.74) is 3.07. The number of carboxylic acids is 1. The van der Waals surface area contributed by atoms with E-state index in [9.17, 15) is 9.90 Å². The van der Waals surface area contributed by atoms with Crippen LogP contribution in [0.2, 0.25) is 0 Å². The van der Waals surface area contributed by atoms with Gasteiger partial charge in [-0.1, -0.05) is 70.2 Å². The Morgan fingerprint density at radius 1 is 1.04 bits per heavy atom. The zero-order valence-corrected chi connectivity index (χ0v) is 16.9. The second kappa shape index (κ2) is 8.38. The monoisotopic (exact) mass is 377 g/mol. The lowest BCUT2D eigenvalue weighted by atomic mass is 9.98. The molecule has 0 spiro atoms. The van der Waals surface area contributed by atoms with Gasteiger partial charge in [-0.2, -0.15) is 5.10 Å². The fraction of sp³-hybridized carbons (Fsp3) is 0.348. The van der Waals surface area contributed by atoms with Gasteiger partial charge >= 0.3 is 5.97 Å². The Morgan fingerprint density at radius 2 is 1.71 bits per heavy atom. The number of benzene rings is 2. The van der Waals surface area contributed by atoms with Gasteiger partial charge in [-0.15, -0.1) is 0 Å². The zero-order valence-electron chi connectivity index (χ0n) is 16.9. The summed E-state index contributed by atoms with van der Waals surface area (Å²) >= 11 is 0. The van der Waals surface area contributed by atoms with E-state index in [0.717, 1.165) is 34.9 Å². The molecule has 3 rings (SSSR count). The second-order valence-corrected chi connectivity index (χ2v) is 7.84. The van der Waals surface area contributed by atoms with Crippen molar-refractivity contribution in [2.45, 2.75) is 46.6 Å². The molecule has 0 unspecified atom stereocenters. The molecule has 0 aliphatic rings. The van der Waals surface area contributed by atoms with Crippen molar-refractivity contribution in [2.24, 2.45) is 5.92 Å². The molecule has 0 radical (unpaired) electrons. The predicted octanol–water partition coefficient (Wildman–Crippen LogP) is 5.01. The van der Waals surface area contributed by atoms with Crippen LogP contribution in [0.5, 0.6) is 0 Å². The minimum atomic E-state index is -0.914. The zero-order chi connectivity index (χ0) is 20.3. The van der Waals surface area contributed by atoms with Crippen molar-refractivity contribution in [1.29, 1.82) is 0 Å². The van der Waals surface area contributed by atoms with Gasteiger partial charge in [0.1, 0.15) is 5.82 Å². The summed E-state index contributed by atoms with van der Waals surface area (Å²) in [6.45, 7) is 9.41. The molecular formula is C23H27N3O2. The first-order valence-electron chi connectivity index (χ1n) is 9.70. The van der Waals surface area contributed by atoms with Crippen molar-refractivity contribution < 1.29 is 9.90 Å². The highest BCUT2D eigenvalue weighted by molar-refractivity contribution is 5.95. The molecule has 5 nitrogen and oxygen atoms in total. The quantitative estimate of drug-likeness (QED) is 0.628. The maximum absolute atomic E-state index is 11.5. The highest BCUT2D eigenvalue weighted by Crippen LogP contribution is 2.25. The molecule has 1 heterocycles. The third-order valence-electron chi connectivity index (χ3n) is 4.60. The van der Waals surface area contributed by atoms with Crippen LogP contribution in [-0.4, -0.2) is 25.8 Å². The number of carbonyl (C=O) groups is 1. The molecule has 0 bridgehead atoms. The van der Waals surface area contributed by atoms with Crippen LogP contribution in [0.3, 0.4) is 0 Å². The van der Waals surface area contributed by atoms with E-state index < -0.39 is 5.97 Å². The minimum absolute atomic E-state index is 0.294.